The molecule has 11 nitrogen and oxygen atoms in total. The number of hydrogen-bond donors (Lipinski definition) is 8. The summed E-state index contributed by atoms with van der Waals surface area (Å²) in [6, 6.07) is 0. The van der Waals surface area contributed by atoms with E-state index in [2.05, 4.69) is 0 Å². The topological polar surface area (TPSA) is 197 Å². The number of ether oxygens (including phenoxy) is 2. The summed E-state index contributed by atoms with van der Waals surface area (Å²) in [5.74, 6) is 0. The lowest BCUT2D eigenvalue weighted by Crippen LogP contribution is -2.61. The molecule has 0 unspecified atom stereocenters. The molecule has 23 heavy (non-hydrogen) atoms. The van der Waals surface area contributed by atoms with Crippen molar-refractivity contribution in [3.05, 3.63) is 0 Å². The van der Waals surface area contributed by atoms with Gasteiger partial charge in [-0.05, 0) is 0 Å². The van der Waals surface area contributed by atoms with Gasteiger partial charge in [0.2, 0.25) is 0 Å². The van der Waals surface area contributed by atoms with Gasteiger partial charge < -0.3 is 55.1 Å². The van der Waals surface area contributed by atoms with Gasteiger partial charge >= 0.3 is 0 Å². The third-order valence-electron chi connectivity index (χ3n) is 3.53. The summed E-state index contributed by atoms with van der Waals surface area (Å²) < 4.78 is 10.1. The standard InChI is InChI=1S/C12H22O11/c13-1-4(16)7(18)11(5(17)2-14)23-12-10(21)9(20)8(19)6(3-15)22-12/h1,4-12,14-21H,2-3H2/t4-,5+,6-,7-,8-,9+,10-,11-,12+/m0/s1. The second-order valence-corrected chi connectivity index (χ2v) is 5.17. The molecule has 0 aromatic heterocycles. The van der Waals surface area contributed by atoms with Crippen LogP contribution in [0.2, 0.25) is 0 Å². The second-order valence-electron chi connectivity index (χ2n) is 5.17. The Labute approximate surface area is 130 Å². The van der Waals surface area contributed by atoms with Gasteiger partial charge in [0, 0.05) is 0 Å². The highest BCUT2D eigenvalue weighted by Gasteiger charge is 2.46. The van der Waals surface area contributed by atoms with Crippen molar-refractivity contribution < 1.29 is 55.1 Å². The smallest absolute Gasteiger partial charge is 0.187 e. The van der Waals surface area contributed by atoms with Gasteiger partial charge in [-0.2, -0.15) is 0 Å². The van der Waals surface area contributed by atoms with E-state index >= 15 is 0 Å². The molecule has 1 aliphatic heterocycles. The van der Waals surface area contributed by atoms with Gasteiger partial charge in [-0.25, -0.2) is 0 Å². The highest BCUT2D eigenvalue weighted by atomic mass is 16.7. The van der Waals surface area contributed by atoms with Crippen molar-refractivity contribution in [2.24, 2.45) is 0 Å². The quantitative estimate of drug-likeness (QED) is 0.196. The van der Waals surface area contributed by atoms with E-state index in [1.165, 1.54) is 0 Å². The monoisotopic (exact) mass is 342 g/mol. The molecular weight excluding hydrogens is 320 g/mol. The Kier molecular flexibility index (Phi) is 7.89. The molecule has 0 saturated carbocycles. The molecule has 9 atom stereocenters. The van der Waals surface area contributed by atoms with E-state index in [9.17, 15) is 35.4 Å². The van der Waals surface area contributed by atoms with Crippen molar-refractivity contribution in [1.29, 1.82) is 0 Å². The molecule has 0 aromatic rings. The molecule has 1 fully saturated rings. The Bertz CT molecular complexity index is 365. The van der Waals surface area contributed by atoms with Crippen molar-refractivity contribution in [2.45, 2.75) is 55.1 Å². The van der Waals surface area contributed by atoms with Gasteiger partial charge in [0.25, 0.3) is 0 Å². The van der Waals surface area contributed by atoms with Crippen molar-refractivity contribution in [1.82, 2.24) is 0 Å². The van der Waals surface area contributed by atoms with Gasteiger partial charge in [-0.15, -0.1) is 0 Å². The number of aliphatic hydroxyl groups is 8. The van der Waals surface area contributed by atoms with E-state index < -0.39 is 68.3 Å². The highest BCUT2D eigenvalue weighted by Crippen LogP contribution is 2.24. The molecular formula is C12H22O11. The molecule has 11 heteroatoms. The van der Waals surface area contributed by atoms with Crippen LogP contribution in [0.5, 0.6) is 0 Å². The van der Waals surface area contributed by atoms with E-state index in [1.807, 2.05) is 0 Å². The number of carbonyl (C=O) groups excluding carboxylic acids is 1. The molecule has 1 aliphatic rings. The normalized spacial score (nSPS) is 37.0. The van der Waals surface area contributed by atoms with Crippen LogP contribution in [0.15, 0.2) is 0 Å². The Morgan fingerprint density at radius 1 is 1.04 bits per heavy atom. The fourth-order valence-electron chi connectivity index (χ4n) is 2.11. The van der Waals surface area contributed by atoms with Crippen LogP contribution in [0.25, 0.3) is 0 Å². The van der Waals surface area contributed by atoms with E-state index in [1.54, 1.807) is 0 Å². The van der Waals surface area contributed by atoms with E-state index in [0.717, 1.165) is 0 Å². The number of aliphatic hydroxyl groups excluding tert-OH is 8. The minimum atomic E-state index is -1.97. The van der Waals surface area contributed by atoms with E-state index in [4.69, 9.17) is 19.7 Å². The lowest BCUT2D eigenvalue weighted by atomic mass is 9.98. The molecule has 0 radical (unpaired) electrons. The van der Waals surface area contributed by atoms with Gasteiger partial charge in [-0.1, -0.05) is 0 Å². The Hall–Kier alpha value is -0.730. The van der Waals surface area contributed by atoms with Crippen LogP contribution >= 0.6 is 0 Å². The molecule has 8 N–H and O–H groups in total. The summed E-state index contributed by atoms with van der Waals surface area (Å²) in [4.78, 5) is 10.5. The molecule has 0 aromatic carbocycles. The van der Waals surface area contributed by atoms with Crippen LogP contribution in [0.1, 0.15) is 0 Å². The highest BCUT2D eigenvalue weighted by molar-refractivity contribution is 5.56. The minimum absolute atomic E-state index is 0.0294. The van der Waals surface area contributed by atoms with Crippen molar-refractivity contribution >= 4 is 6.29 Å². The second kappa shape index (κ2) is 8.94. The molecule has 0 spiro atoms. The first kappa shape index (κ1) is 20.3. The zero-order valence-corrected chi connectivity index (χ0v) is 12.0. The summed E-state index contributed by atoms with van der Waals surface area (Å²) in [6.45, 7) is -1.64. The lowest BCUT2D eigenvalue weighted by molar-refractivity contribution is -0.326. The molecule has 1 rings (SSSR count). The summed E-state index contributed by atoms with van der Waals surface area (Å²) in [6.07, 6.45) is -15.7. The first-order chi connectivity index (χ1) is 10.8. The molecule has 136 valence electrons. The van der Waals surface area contributed by atoms with Gasteiger partial charge in [-0.3, -0.25) is 0 Å². The van der Waals surface area contributed by atoms with Crippen LogP contribution in [-0.4, -0.2) is 115 Å². The van der Waals surface area contributed by atoms with E-state index in [0.29, 0.717) is 0 Å². The largest absolute Gasteiger partial charge is 0.394 e. The van der Waals surface area contributed by atoms with Gasteiger partial charge in [0.05, 0.1) is 13.2 Å². The van der Waals surface area contributed by atoms with Crippen LogP contribution in [0.3, 0.4) is 0 Å². The van der Waals surface area contributed by atoms with Crippen molar-refractivity contribution in [2.75, 3.05) is 13.2 Å². The predicted octanol–water partition coefficient (Wildman–Crippen LogP) is -5.55. The predicted molar refractivity (Wildman–Crippen MR) is 69.8 cm³/mol. The first-order valence-electron chi connectivity index (χ1n) is 6.84. The van der Waals surface area contributed by atoms with Crippen LogP contribution < -0.4 is 0 Å². The average Bonchev–Trinajstić information content (AvgIpc) is 2.57. The van der Waals surface area contributed by atoms with Crippen LogP contribution in [0.4, 0.5) is 0 Å². The Balaban J connectivity index is 2.91. The minimum Gasteiger partial charge on any atom is -0.394 e. The molecule has 1 saturated heterocycles. The lowest BCUT2D eigenvalue weighted by Gasteiger charge is -2.42. The molecule has 1 heterocycles. The first-order valence-corrected chi connectivity index (χ1v) is 6.84. The number of hydrogen-bond acceptors (Lipinski definition) is 11. The maximum atomic E-state index is 10.5. The van der Waals surface area contributed by atoms with Gasteiger partial charge in [0.1, 0.15) is 48.8 Å². The molecule has 0 bridgehead atoms. The SMILES string of the molecule is O=C[C@H](O)[C@H](O)[C@@H](O[C@H]1O[C@@H](CO)[C@H](O)[C@@H](O)[C@@H]1O)[C@H](O)CO. The number of rotatable bonds is 8. The fourth-order valence-corrected chi connectivity index (χ4v) is 2.11. The summed E-state index contributed by atoms with van der Waals surface area (Å²) in [7, 11) is 0. The maximum absolute atomic E-state index is 10.5. The third kappa shape index (κ3) is 4.64. The van der Waals surface area contributed by atoms with Crippen molar-refractivity contribution in [3.8, 4) is 0 Å². The molecule has 0 aliphatic carbocycles. The van der Waals surface area contributed by atoms with Gasteiger partial charge in [0.15, 0.2) is 12.6 Å². The van der Waals surface area contributed by atoms with Crippen LogP contribution in [-0.2, 0) is 14.3 Å². The number of aldehydes is 1. The zero-order valence-electron chi connectivity index (χ0n) is 12.0. The third-order valence-corrected chi connectivity index (χ3v) is 3.53. The summed E-state index contributed by atoms with van der Waals surface area (Å²) in [5, 5.41) is 75.7. The summed E-state index contributed by atoms with van der Waals surface area (Å²) in [5.41, 5.74) is 0. The average molecular weight is 342 g/mol. The van der Waals surface area contributed by atoms with Crippen molar-refractivity contribution in [3.63, 3.8) is 0 Å². The Morgan fingerprint density at radius 3 is 2.13 bits per heavy atom. The van der Waals surface area contributed by atoms with Crippen LogP contribution in [0, 0.1) is 0 Å². The van der Waals surface area contributed by atoms with E-state index in [-0.39, 0.29) is 6.29 Å². The Morgan fingerprint density at radius 2 is 1.65 bits per heavy atom. The maximum Gasteiger partial charge on any atom is 0.187 e. The zero-order chi connectivity index (χ0) is 17.7. The number of carbonyl (C=O) groups is 1. The molecule has 0 amide bonds. The fraction of sp³-hybridized carbons (Fsp3) is 0.917. The summed E-state index contributed by atoms with van der Waals surface area (Å²) >= 11 is 0.